The van der Waals surface area contributed by atoms with Gasteiger partial charge in [0.2, 0.25) is 21.8 Å². The quantitative estimate of drug-likeness (QED) is 0.417. The number of rotatable bonds is 9. The Morgan fingerprint density at radius 3 is 2.59 bits per heavy atom. The molecule has 0 unspecified atom stereocenters. The predicted molar refractivity (Wildman–Crippen MR) is 147 cm³/mol. The number of benzene rings is 2. The molecule has 3 aromatic rings. The third-order valence-corrected chi connectivity index (χ3v) is 8.79. The van der Waals surface area contributed by atoms with E-state index in [2.05, 4.69) is 10.6 Å². The third kappa shape index (κ3) is 7.05. The van der Waals surface area contributed by atoms with Gasteiger partial charge in [-0.1, -0.05) is 44.2 Å². The molecule has 2 heterocycles. The van der Waals surface area contributed by atoms with E-state index in [1.165, 1.54) is 16.4 Å². The zero-order chi connectivity index (χ0) is 28.0. The smallest absolute Gasteiger partial charge is 0.244 e. The second-order valence-corrected chi connectivity index (χ2v) is 12.2. The first-order valence-corrected chi connectivity index (χ1v) is 14.7. The molecule has 2 atom stereocenters. The number of hydrogen-bond donors (Lipinski definition) is 2. The molecule has 206 valence electrons. The number of hydrogen-bond acceptors (Lipinski definition) is 6. The fraction of sp³-hybridized carbons (Fsp3) is 0.414. The SMILES string of the molecule is CC(C)C[C@H](NC(=O)Cc1cc2ccccc2o1)C(=O)N[C@@H]1CCCN(S(=O)(=O)c2ccccc2C#N)CC1. The van der Waals surface area contributed by atoms with E-state index < -0.39 is 16.1 Å². The molecule has 2 aromatic carbocycles. The van der Waals surface area contributed by atoms with E-state index in [1.807, 2.05) is 50.2 Å². The topological polar surface area (TPSA) is 133 Å². The normalized spacial score (nSPS) is 17.3. The highest BCUT2D eigenvalue weighted by Crippen LogP contribution is 2.23. The maximum absolute atomic E-state index is 13.3. The lowest BCUT2D eigenvalue weighted by molar-refractivity contribution is -0.129. The summed E-state index contributed by atoms with van der Waals surface area (Å²) in [6, 6.07) is 16.5. The molecule has 0 saturated carbocycles. The van der Waals surface area contributed by atoms with Crippen molar-refractivity contribution in [1.29, 1.82) is 5.26 Å². The highest BCUT2D eigenvalue weighted by Gasteiger charge is 2.31. The van der Waals surface area contributed by atoms with E-state index in [4.69, 9.17) is 4.42 Å². The van der Waals surface area contributed by atoms with Gasteiger partial charge in [0, 0.05) is 24.5 Å². The minimum Gasteiger partial charge on any atom is -0.461 e. The van der Waals surface area contributed by atoms with Gasteiger partial charge in [-0.15, -0.1) is 0 Å². The van der Waals surface area contributed by atoms with Gasteiger partial charge >= 0.3 is 0 Å². The standard InChI is InChI=1S/C29H34N4O5S/c1-20(2)16-25(32-28(34)18-24-17-21-8-3-5-11-26(21)38-24)29(35)31-23-10-7-14-33(15-13-23)39(36,37)27-12-6-4-9-22(27)19-30/h3-6,8-9,11-12,17,20,23,25H,7,10,13-16,18H2,1-2H3,(H,31,35)(H,32,34)/t23-,25+/m1/s1. The summed E-state index contributed by atoms with van der Waals surface area (Å²) in [5, 5.41) is 16.2. The molecule has 10 heteroatoms. The Morgan fingerprint density at radius 1 is 1.10 bits per heavy atom. The molecule has 1 aromatic heterocycles. The van der Waals surface area contributed by atoms with Crippen LogP contribution in [0.3, 0.4) is 0 Å². The lowest BCUT2D eigenvalue weighted by Crippen LogP contribution is -2.50. The molecule has 0 spiro atoms. The highest BCUT2D eigenvalue weighted by atomic mass is 32.2. The largest absolute Gasteiger partial charge is 0.461 e. The summed E-state index contributed by atoms with van der Waals surface area (Å²) in [6.07, 6.45) is 2.10. The molecule has 9 nitrogen and oxygen atoms in total. The Bertz CT molecular complexity index is 1440. The first-order valence-electron chi connectivity index (χ1n) is 13.2. The summed E-state index contributed by atoms with van der Waals surface area (Å²) in [7, 11) is -3.84. The van der Waals surface area contributed by atoms with Gasteiger partial charge in [-0.05, 0) is 55.9 Å². The van der Waals surface area contributed by atoms with Gasteiger partial charge < -0.3 is 15.1 Å². The zero-order valence-corrected chi connectivity index (χ0v) is 23.0. The number of nitriles is 1. The average molecular weight is 551 g/mol. The van der Waals surface area contributed by atoms with Crippen LogP contribution < -0.4 is 10.6 Å². The Labute approximate surface area is 229 Å². The zero-order valence-electron chi connectivity index (χ0n) is 22.2. The maximum Gasteiger partial charge on any atom is 0.244 e. The fourth-order valence-electron chi connectivity index (χ4n) is 4.91. The molecule has 0 radical (unpaired) electrons. The van der Waals surface area contributed by atoms with Crippen molar-refractivity contribution in [1.82, 2.24) is 14.9 Å². The molecule has 39 heavy (non-hydrogen) atoms. The summed E-state index contributed by atoms with van der Waals surface area (Å²) in [5.41, 5.74) is 0.818. The van der Waals surface area contributed by atoms with Crippen LogP contribution in [0, 0.1) is 17.2 Å². The van der Waals surface area contributed by atoms with Crippen LogP contribution in [0.4, 0.5) is 0 Å². The summed E-state index contributed by atoms with van der Waals surface area (Å²) in [5.74, 6) is 0.115. The van der Waals surface area contributed by atoms with E-state index >= 15 is 0 Å². The van der Waals surface area contributed by atoms with Crippen molar-refractivity contribution in [2.45, 2.75) is 62.9 Å². The van der Waals surface area contributed by atoms with Crippen LogP contribution in [0.25, 0.3) is 11.0 Å². The number of furan rings is 1. The van der Waals surface area contributed by atoms with E-state index in [-0.39, 0.29) is 47.2 Å². The number of carbonyl (C=O) groups is 2. The number of fused-ring (bicyclic) bond motifs is 1. The summed E-state index contributed by atoms with van der Waals surface area (Å²) >= 11 is 0. The molecule has 0 bridgehead atoms. The molecular weight excluding hydrogens is 516 g/mol. The molecule has 1 aliphatic heterocycles. The van der Waals surface area contributed by atoms with Gasteiger partial charge in [0.15, 0.2) is 0 Å². The maximum atomic E-state index is 13.3. The van der Waals surface area contributed by atoms with Crippen molar-refractivity contribution in [3.8, 4) is 6.07 Å². The highest BCUT2D eigenvalue weighted by molar-refractivity contribution is 7.89. The van der Waals surface area contributed by atoms with Gasteiger partial charge in [0.05, 0.1) is 16.9 Å². The van der Waals surface area contributed by atoms with Gasteiger partial charge in [0.1, 0.15) is 23.5 Å². The molecule has 1 saturated heterocycles. The first-order chi connectivity index (χ1) is 18.7. The van der Waals surface area contributed by atoms with Crippen LogP contribution in [0.5, 0.6) is 0 Å². The Balaban J connectivity index is 1.37. The monoisotopic (exact) mass is 550 g/mol. The van der Waals surface area contributed by atoms with E-state index in [9.17, 15) is 23.3 Å². The summed E-state index contributed by atoms with van der Waals surface area (Å²) in [4.78, 5) is 26.1. The van der Waals surface area contributed by atoms with Gasteiger partial charge in [0.25, 0.3) is 0 Å². The Kier molecular flexibility index (Phi) is 9.04. The van der Waals surface area contributed by atoms with E-state index in [0.29, 0.717) is 43.6 Å². The number of amides is 2. The van der Waals surface area contributed by atoms with Crippen LogP contribution in [0.1, 0.15) is 50.9 Å². The minimum atomic E-state index is -3.84. The second kappa shape index (κ2) is 12.5. The van der Waals surface area contributed by atoms with Crippen LogP contribution >= 0.6 is 0 Å². The van der Waals surface area contributed by atoms with Crippen molar-refractivity contribution >= 4 is 32.8 Å². The predicted octanol–water partition coefficient (Wildman–Crippen LogP) is 3.74. The van der Waals surface area contributed by atoms with Crippen molar-refractivity contribution in [3.05, 3.63) is 65.9 Å². The lowest BCUT2D eigenvalue weighted by Gasteiger charge is -2.24. The Hall–Kier alpha value is -3.68. The van der Waals surface area contributed by atoms with Crippen LogP contribution in [0.2, 0.25) is 0 Å². The second-order valence-electron chi connectivity index (χ2n) is 10.3. The van der Waals surface area contributed by atoms with Crippen LogP contribution in [-0.4, -0.2) is 49.7 Å². The van der Waals surface area contributed by atoms with Gasteiger partial charge in [-0.2, -0.15) is 9.57 Å². The number of carbonyl (C=O) groups excluding carboxylic acids is 2. The summed E-state index contributed by atoms with van der Waals surface area (Å²) < 4.78 is 33.6. The molecular formula is C29H34N4O5S. The van der Waals surface area contributed by atoms with Crippen molar-refractivity contribution in [3.63, 3.8) is 0 Å². The Morgan fingerprint density at radius 2 is 1.85 bits per heavy atom. The third-order valence-electron chi connectivity index (χ3n) is 6.83. The molecule has 2 amide bonds. The molecule has 1 aliphatic rings. The summed E-state index contributed by atoms with van der Waals surface area (Å²) in [6.45, 7) is 4.50. The van der Waals surface area contributed by atoms with Gasteiger partial charge in [-0.3, -0.25) is 9.59 Å². The lowest BCUT2D eigenvalue weighted by atomic mass is 10.0. The molecule has 2 N–H and O–H groups in total. The van der Waals surface area contributed by atoms with Gasteiger partial charge in [-0.25, -0.2) is 8.42 Å². The van der Waals surface area contributed by atoms with Crippen molar-refractivity contribution in [2.75, 3.05) is 13.1 Å². The van der Waals surface area contributed by atoms with Crippen molar-refractivity contribution in [2.24, 2.45) is 5.92 Å². The molecule has 1 fully saturated rings. The number of nitrogens with one attached hydrogen (secondary N) is 2. The fourth-order valence-corrected chi connectivity index (χ4v) is 6.55. The molecule has 0 aliphatic carbocycles. The average Bonchev–Trinajstić information content (AvgIpc) is 3.15. The van der Waals surface area contributed by atoms with Crippen LogP contribution in [-0.2, 0) is 26.0 Å². The number of sulfonamides is 1. The number of para-hydroxylation sites is 1. The van der Waals surface area contributed by atoms with E-state index in [1.54, 1.807) is 12.1 Å². The first kappa shape index (κ1) is 28.3. The minimum absolute atomic E-state index is 0.000788. The van der Waals surface area contributed by atoms with Crippen LogP contribution in [0.15, 0.2) is 63.9 Å². The van der Waals surface area contributed by atoms with E-state index in [0.717, 1.165) is 5.39 Å². The number of nitrogens with zero attached hydrogens (tertiary/aromatic N) is 2. The van der Waals surface area contributed by atoms with Crippen molar-refractivity contribution < 1.29 is 22.4 Å². The molecule has 4 rings (SSSR count).